The number of hydrogen-bond acceptors (Lipinski definition) is 4. The van der Waals surface area contributed by atoms with Crippen molar-refractivity contribution in [2.75, 3.05) is 20.2 Å². The molecule has 0 radical (unpaired) electrons. The molecule has 0 bridgehead atoms. The summed E-state index contributed by atoms with van der Waals surface area (Å²) in [5, 5.41) is 0. The van der Waals surface area contributed by atoms with E-state index in [1.807, 2.05) is 42.7 Å². The van der Waals surface area contributed by atoms with Crippen molar-refractivity contribution in [3.8, 4) is 11.5 Å². The van der Waals surface area contributed by atoms with Gasteiger partial charge in [0.25, 0.3) is 0 Å². The topological polar surface area (TPSA) is 39.5 Å². The van der Waals surface area contributed by atoms with Crippen LogP contribution in [0.1, 0.15) is 11.4 Å². The van der Waals surface area contributed by atoms with Crippen LogP contribution in [-0.4, -0.2) is 40.8 Å². The van der Waals surface area contributed by atoms with Crippen molar-refractivity contribution < 1.29 is 9.47 Å². The molecule has 0 fully saturated rings. The molecule has 2 aromatic carbocycles. The molecule has 1 aliphatic rings. The fourth-order valence-corrected chi connectivity index (χ4v) is 3.22. The van der Waals surface area contributed by atoms with Crippen molar-refractivity contribution >= 4 is 0 Å². The van der Waals surface area contributed by atoms with Gasteiger partial charge < -0.3 is 14.0 Å². The first-order valence-corrected chi connectivity index (χ1v) is 8.89. The molecular formula is C21H23N3O2. The third-order valence-electron chi connectivity index (χ3n) is 4.49. The van der Waals surface area contributed by atoms with Crippen molar-refractivity contribution in [1.29, 1.82) is 0 Å². The Morgan fingerprint density at radius 2 is 1.85 bits per heavy atom. The molecule has 4 rings (SSSR count). The molecule has 2 heterocycles. The lowest BCUT2D eigenvalue weighted by molar-refractivity contribution is 0.0630. The third kappa shape index (κ3) is 3.89. The Bertz CT molecular complexity index is 847. The van der Waals surface area contributed by atoms with E-state index in [2.05, 4.69) is 45.8 Å². The number of aromatic nitrogens is 2. The monoisotopic (exact) mass is 349 g/mol. The zero-order chi connectivity index (χ0) is 17.8. The first kappa shape index (κ1) is 16.7. The van der Waals surface area contributed by atoms with Gasteiger partial charge in [0.1, 0.15) is 18.5 Å². The molecule has 134 valence electrons. The summed E-state index contributed by atoms with van der Waals surface area (Å²) in [5.74, 6) is 2.70. The fraction of sp³-hybridized carbons (Fsp3) is 0.286. The van der Waals surface area contributed by atoms with Gasteiger partial charge in [-0.05, 0) is 24.7 Å². The number of ether oxygens (including phenoxy) is 2. The van der Waals surface area contributed by atoms with Crippen LogP contribution in [0.2, 0.25) is 0 Å². The van der Waals surface area contributed by atoms with E-state index in [1.165, 1.54) is 5.56 Å². The van der Waals surface area contributed by atoms with E-state index < -0.39 is 0 Å². The van der Waals surface area contributed by atoms with Gasteiger partial charge in [0, 0.05) is 25.5 Å². The maximum Gasteiger partial charge on any atom is 0.161 e. The number of hydrogen-bond donors (Lipinski definition) is 0. The van der Waals surface area contributed by atoms with Crippen molar-refractivity contribution in [1.82, 2.24) is 14.5 Å². The predicted octanol–water partition coefficient (Wildman–Crippen LogP) is 3.20. The number of likely N-dealkylation sites (N-methyl/N-ethyl adjacent to an activating group) is 1. The Kier molecular flexibility index (Phi) is 4.88. The van der Waals surface area contributed by atoms with Crippen molar-refractivity contribution in [3.63, 3.8) is 0 Å². The van der Waals surface area contributed by atoms with Gasteiger partial charge in [0.15, 0.2) is 11.5 Å². The van der Waals surface area contributed by atoms with Gasteiger partial charge >= 0.3 is 0 Å². The summed E-state index contributed by atoms with van der Waals surface area (Å²) in [6.45, 7) is 2.95. The first-order valence-electron chi connectivity index (χ1n) is 8.89. The Balaban J connectivity index is 1.36. The molecule has 0 saturated heterocycles. The standard InChI is InChI=1S/C21H23N3O2/c1-23(14-18-16-25-19-9-5-6-10-20(19)26-18)15-21-22-11-12-24(21)13-17-7-3-2-4-8-17/h2-12,18H,13-16H2,1H3/t18-/m0/s1. The second-order valence-corrected chi connectivity index (χ2v) is 6.65. The summed E-state index contributed by atoms with van der Waals surface area (Å²) in [4.78, 5) is 6.76. The Morgan fingerprint density at radius 1 is 1.08 bits per heavy atom. The summed E-state index contributed by atoms with van der Waals surface area (Å²) in [6.07, 6.45) is 3.92. The number of imidazole rings is 1. The average molecular weight is 349 g/mol. The van der Waals surface area contributed by atoms with Crippen LogP contribution >= 0.6 is 0 Å². The van der Waals surface area contributed by atoms with Crippen LogP contribution < -0.4 is 9.47 Å². The number of benzene rings is 2. The molecule has 5 heteroatoms. The van der Waals surface area contributed by atoms with E-state index in [0.29, 0.717) is 6.61 Å². The lowest BCUT2D eigenvalue weighted by atomic mass is 10.2. The molecule has 0 saturated carbocycles. The Labute approximate surface area is 153 Å². The van der Waals surface area contributed by atoms with E-state index in [0.717, 1.165) is 37.0 Å². The van der Waals surface area contributed by atoms with Crippen LogP contribution in [0.5, 0.6) is 11.5 Å². The normalized spacial score (nSPS) is 16.0. The molecule has 1 aliphatic heterocycles. The smallest absolute Gasteiger partial charge is 0.161 e. The highest BCUT2D eigenvalue weighted by Gasteiger charge is 2.22. The minimum atomic E-state index is 0.0208. The van der Waals surface area contributed by atoms with Crippen LogP contribution in [0.25, 0.3) is 0 Å². The van der Waals surface area contributed by atoms with Crippen LogP contribution in [-0.2, 0) is 13.1 Å². The van der Waals surface area contributed by atoms with Crippen molar-refractivity contribution in [2.45, 2.75) is 19.2 Å². The third-order valence-corrected chi connectivity index (χ3v) is 4.49. The molecular weight excluding hydrogens is 326 g/mol. The van der Waals surface area contributed by atoms with E-state index in [-0.39, 0.29) is 6.10 Å². The zero-order valence-electron chi connectivity index (χ0n) is 14.9. The molecule has 1 atom stereocenters. The van der Waals surface area contributed by atoms with Gasteiger partial charge in [-0.2, -0.15) is 0 Å². The minimum absolute atomic E-state index is 0.0208. The summed E-state index contributed by atoms with van der Waals surface area (Å²) >= 11 is 0. The summed E-state index contributed by atoms with van der Waals surface area (Å²) < 4.78 is 14.0. The number of fused-ring (bicyclic) bond motifs is 1. The van der Waals surface area contributed by atoms with Gasteiger partial charge in [0.05, 0.1) is 6.54 Å². The van der Waals surface area contributed by atoms with Crippen LogP contribution in [0.4, 0.5) is 0 Å². The number of rotatable bonds is 6. The second-order valence-electron chi connectivity index (χ2n) is 6.65. The zero-order valence-corrected chi connectivity index (χ0v) is 14.9. The Morgan fingerprint density at radius 3 is 2.69 bits per heavy atom. The molecule has 0 N–H and O–H groups in total. The maximum absolute atomic E-state index is 6.05. The van der Waals surface area contributed by atoms with E-state index >= 15 is 0 Å². The van der Waals surface area contributed by atoms with Crippen LogP contribution in [0.15, 0.2) is 67.0 Å². The summed E-state index contributed by atoms with van der Waals surface area (Å²) in [7, 11) is 2.09. The lowest BCUT2D eigenvalue weighted by Crippen LogP contribution is -2.39. The molecule has 3 aromatic rings. The largest absolute Gasteiger partial charge is 0.486 e. The number of nitrogens with zero attached hydrogens (tertiary/aromatic N) is 3. The molecule has 0 aliphatic carbocycles. The van der Waals surface area contributed by atoms with Gasteiger partial charge in [-0.3, -0.25) is 4.90 Å². The first-order chi connectivity index (χ1) is 12.8. The van der Waals surface area contributed by atoms with Gasteiger partial charge in [-0.1, -0.05) is 42.5 Å². The highest BCUT2D eigenvalue weighted by molar-refractivity contribution is 5.40. The van der Waals surface area contributed by atoms with Crippen molar-refractivity contribution in [2.24, 2.45) is 0 Å². The van der Waals surface area contributed by atoms with Gasteiger partial charge in [-0.25, -0.2) is 4.98 Å². The molecule has 26 heavy (non-hydrogen) atoms. The van der Waals surface area contributed by atoms with E-state index in [1.54, 1.807) is 0 Å². The van der Waals surface area contributed by atoms with Crippen LogP contribution in [0.3, 0.4) is 0 Å². The Hall–Kier alpha value is -2.79. The minimum Gasteiger partial charge on any atom is -0.486 e. The van der Waals surface area contributed by atoms with Gasteiger partial charge in [-0.15, -0.1) is 0 Å². The molecule has 0 amide bonds. The molecule has 0 spiro atoms. The molecule has 1 aromatic heterocycles. The number of para-hydroxylation sites is 2. The average Bonchev–Trinajstić information content (AvgIpc) is 3.09. The van der Waals surface area contributed by atoms with E-state index in [4.69, 9.17) is 9.47 Å². The second kappa shape index (κ2) is 7.62. The predicted molar refractivity (Wildman–Crippen MR) is 100 cm³/mol. The summed E-state index contributed by atoms with van der Waals surface area (Å²) in [6, 6.07) is 18.3. The molecule has 5 nitrogen and oxygen atoms in total. The lowest BCUT2D eigenvalue weighted by Gasteiger charge is -2.29. The van der Waals surface area contributed by atoms with Crippen LogP contribution in [0, 0.1) is 0 Å². The quantitative estimate of drug-likeness (QED) is 0.685. The van der Waals surface area contributed by atoms with Gasteiger partial charge in [0.2, 0.25) is 0 Å². The summed E-state index contributed by atoms with van der Waals surface area (Å²) in [5.41, 5.74) is 1.27. The van der Waals surface area contributed by atoms with Crippen molar-refractivity contribution in [3.05, 3.63) is 78.4 Å². The fourth-order valence-electron chi connectivity index (χ4n) is 3.22. The highest BCUT2D eigenvalue weighted by atomic mass is 16.6. The van der Waals surface area contributed by atoms with E-state index in [9.17, 15) is 0 Å². The maximum atomic E-state index is 6.05. The highest BCUT2D eigenvalue weighted by Crippen LogP contribution is 2.31. The SMILES string of the molecule is CN(Cc1nccn1Cc1ccccc1)C[C@H]1COc2ccccc2O1. The molecule has 0 unspecified atom stereocenters.